The van der Waals surface area contributed by atoms with Gasteiger partial charge in [0.15, 0.2) is 0 Å². The molecule has 1 fully saturated rings. The third-order valence-corrected chi connectivity index (χ3v) is 2.28. The summed E-state index contributed by atoms with van der Waals surface area (Å²) in [5.41, 5.74) is 0.0920. The average molecular weight is 195 g/mol. The third kappa shape index (κ3) is 1.41. The molecule has 74 valence electrons. The van der Waals surface area contributed by atoms with Crippen molar-refractivity contribution in [3.8, 4) is 0 Å². The maximum atomic E-state index is 11.5. The Morgan fingerprint density at radius 1 is 1.50 bits per heavy atom. The van der Waals surface area contributed by atoms with E-state index in [4.69, 9.17) is 5.11 Å². The van der Waals surface area contributed by atoms with Gasteiger partial charge in [0, 0.05) is 17.7 Å². The van der Waals surface area contributed by atoms with E-state index in [1.54, 1.807) is 0 Å². The van der Waals surface area contributed by atoms with Crippen LogP contribution in [0.3, 0.4) is 0 Å². The molecule has 0 aromatic rings. The van der Waals surface area contributed by atoms with Crippen molar-refractivity contribution in [1.82, 2.24) is 4.90 Å². The first kappa shape index (κ1) is 8.93. The molecule has 1 aliphatic carbocycles. The van der Waals surface area contributed by atoms with Gasteiger partial charge in [0.05, 0.1) is 6.42 Å². The zero-order valence-corrected chi connectivity index (χ0v) is 7.40. The van der Waals surface area contributed by atoms with E-state index in [1.165, 1.54) is 0 Å². The Morgan fingerprint density at radius 2 is 2.14 bits per heavy atom. The number of hydrogen-bond donors (Lipinski definition) is 1. The first-order valence-electron chi connectivity index (χ1n) is 4.39. The SMILES string of the molecule is O=C(O)CC1=CC(=O)N(C2CC2)C1=O. The Labute approximate surface area is 80.0 Å². The fourth-order valence-corrected chi connectivity index (χ4v) is 1.50. The number of aliphatic carboxylic acids is 1. The first-order valence-corrected chi connectivity index (χ1v) is 4.39. The standard InChI is InChI=1S/C9H9NO4/c11-7-3-5(4-8(12)13)9(14)10(7)6-1-2-6/h3,6H,1-2,4H2,(H,12,13). The van der Waals surface area contributed by atoms with Gasteiger partial charge < -0.3 is 5.11 Å². The summed E-state index contributed by atoms with van der Waals surface area (Å²) < 4.78 is 0. The summed E-state index contributed by atoms with van der Waals surface area (Å²) in [6.07, 6.45) is 2.44. The number of imide groups is 1. The molecule has 14 heavy (non-hydrogen) atoms. The number of carboxylic acids is 1. The van der Waals surface area contributed by atoms with E-state index in [-0.39, 0.29) is 23.9 Å². The van der Waals surface area contributed by atoms with Gasteiger partial charge in [-0.3, -0.25) is 19.3 Å². The van der Waals surface area contributed by atoms with E-state index < -0.39 is 11.9 Å². The van der Waals surface area contributed by atoms with Crippen LogP contribution in [0, 0.1) is 0 Å². The van der Waals surface area contributed by atoms with Gasteiger partial charge in [-0.15, -0.1) is 0 Å². The van der Waals surface area contributed by atoms with Gasteiger partial charge in [-0.25, -0.2) is 0 Å². The van der Waals surface area contributed by atoms with Crippen LogP contribution in [0.15, 0.2) is 11.6 Å². The summed E-state index contributed by atoms with van der Waals surface area (Å²) >= 11 is 0. The number of nitrogens with zero attached hydrogens (tertiary/aromatic N) is 1. The highest BCUT2D eigenvalue weighted by Crippen LogP contribution is 2.31. The lowest BCUT2D eigenvalue weighted by Gasteiger charge is -2.12. The first-order chi connectivity index (χ1) is 6.59. The van der Waals surface area contributed by atoms with Crippen molar-refractivity contribution in [1.29, 1.82) is 0 Å². The van der Waals surface area contributed by atoms with Crippen LogP contribution in [0.2, 0.25) is 0 Å². The Kier molecular flexibility index (Phi) is 1.87. The maximum Gasteiger partial charge on any atom is 0.308 e. The molecule has 1 N–H and O–H groups in total. The predicted octanol–water partition coefficient (Wildman–Crippen LogP) is -0.0813. The van der Waals surface area contributed by atoms with E-state index in [0.717, 1.165) is 23.8 Å². The summed E-state index contributed by atoms with van der Waals surface area (Å²) in [5.74, 6) is -1.89. The number of rotatable bonds is 3. The maximum absolute atomic E-state index is 11.5. The molecule has 1 aliphatic heterocycles. The van der Waals surface area contributed by atoms with Crippen LogP contribution in [-0.2, 0) is 14.4 Å². The lowest BCUT2D eigenvalue weighted by molar-refractivity contribution is -0.140. The van der Waals surface area contributed by atoms with Crippen LogP contribution in [0.4, 0.5) is 0 Å². The molecule has 5 heteroatoms. The van der Waals surface area contributed by atoms with Gasteiger partial charge in [-0.05, 0) is 12.8 Å². The third-order valence-electron chi connectivity index (χ3n) is 2.28. The van der Waals surface area contributed by atoms with Gasteiger partial charge >= 0.3 is 5.97 Å². The molecule has 2 rings (SSSR count). The average Bonchev–Trinajstić information content (AvgIpc) is 2.82. The molecule has 0 bridgehead atoms. The highest BCUT2D eigenvalue weighted by Gasteiger charge is 2.41. The summed E-state index contributed by atoms with van der Waals surface area (Å²) in [6.45, 7) is 0. The predicted molar refractivity (Wildman–Crippen MR) is 45.2 cm³/mol. The Bertz CT molecular complexity index is 354. The highest BCUT2D eigenvalue weighted by molar-refractivity contribution is 6.17. The number of carbonyl (C=O) groups excluding carboxylic acids is 2. The molecular formula is C9H9NO4. The minimum atomic E-state index is -1.09. The fraction of sp³-hybridized carbons (Fsp3) is 0.444. The molecule has 0 spiro atoms. The molecule has 1 saturated carbocycles. The van der Waals surface area contributed by atoms with E-state index in [1.807, 2.05) is 0 Å². The van der Waals surface area contributed by atoms with Gasteiger partial charge in [0.1, 0.15) is 0 Å². The van der Waals surface area contributed by atoms with Crippen molar-refractivity contribution < 1.29 is 19.5 Å². The molecule has 1 heterocycles. The highest BCUT2D eigenvalue weighted by atomic mass is 16.4. The lowest BCUT2D eigenvalue weighted by atomic mass is 10.2. The number of carboxylic acid groups (broad SMARTS) is 1. The molecule has 0 saturated heterocycles. The van der Waals surface area contributed by atoms with Crippen molar-refractivity contribution in [3.63, 3.8) is 0 Å². The quantitative estimate of drug-likeness (QED) is 0.639. The van der Waals surface area contributed by atoms with Crippen LogP contribution in [0.1, 0.15) is 19.3 Å². The van der Waals surface area contributed by atoms with Gasteiger partial charge in [0.25, 0.3) is 11.8 Å². The minimum absolute atomic E-state index is 0.0116. The van der Waals surface area contributed by atoms with Crippen molar-refractivity contribution in [2.45, 2.75) is 25.3 Å². The number of hydrogen-bond acceptors (Lipinski definition) is 3. The largest absolute Gasteiger partial charge is 0.481 e. The smallest absolute Gasteiger partial charge is 0.308 e. The molecule has 0 atom stereocenters. The number of amides is 2. The Hall–Kier alpha value is -1.65. The molecule has 2 amide bonds. The molecule has 2 aliphatic rings. The van der Waals surface area contributed by atoms with Crippen molar-refractivity contribution >= 4 is 17.8 Å². The minimum Gasteiger partial charge on any atom is -0.481 e. The van der Waals surface area contributed by atoms with Crippen LogP contribution in [0.25, 0.3) is 0 Å². The summed E-state index contributed by atoms with van der Waals surface area (Å²) in [6, 6.07) is 0.0116. The van der Waals surface area contributed by atoms with E-state index in [0.29, 0.717) is 0 Å². The van der Waals surface area contributed by atoms with Gasteiger partial charge in [0.2, 0.25) is 0 Å². The van der Waals surface area contributed by atoms with Crippen molar-refractivity contribution in [2.75, 3.05) is 0 Å². The van der Waals surface area contributed by atoms with Crippen molar-refractivity contribution in [2.24, 2.45) is 0 Å². The molecule has 0 aromatic heterocycles. The molecule has 5 nitrogen and oxygen atoms in total. The van der Waals surface area contributed by atoms with E-state index >= 15 is 0 Å². The molecule has 0 aromatic carbocycles. The van der Waals surface area contributed by atoms with E-state index in [9.17, 15) is 14.4 Å². The van der Waals surface area contributed by atoms with Crippen LogP contribution < -0.4 is 0 Å². The van der Waals surface area contributed by atoms with E-state index in [2.05, 4.69) is 0 Å². The zero-order chi connectivity index (χ0) is 10.3. The summed E-state index contributed by atoms with van der Waals surface area (Å²) in [4.78, 5) is 34.3. The van der Waals surface area contributed by atoms with Crippen molar-refractivity contribution in [3.05, 3.63) is 11.6 Å². The Morgan fingerprint density at radius 3 is 2.64 bits per heavy atom. The van der Waals surface area contributed by atoms with Crippen LogP contribution >= 0.6 is 0 Å². The molecule has 0 radical (unpaired) electrons. The monoisotopic (exact) mass is 195 g/mol. The van der Waals surface area contributed by atoms with Crippen LogP contribution in [0.5, 0.6) is 0 Å². The van der Waals surface area contributed by atoms with Gasteiger partial charge in [-0.2, -0.15) is 0 Å². The molecular weight excluding hydrogens is 186 g/mol. The zero-order valence-electron chi connectivity index (χ0n) is 7.40. The molecule has 0 unspecified atom stereocenters. The fourth-order valence-electron chi connectivity index (χ4n) is 1.50. The second kappa shape index (κ2) is 2.94. The normalized spacial score (nSPS) is 21.4. The topological polar surface area (TPSA) is 74.7 Å². The van der Waals surface area contributed by atoms with Gasteiger partial charge in [-0.1, -0.05) is 0 Å². The summed E-state index contributed by atoms with van der Waals surface area (Å²) in [7, 11) is 0. The number of carbonyl (C=O) groups is 3. The second-order valence-electron chi connectivity index (χ2n) is 3.48. The lowest BCUT2D eigenvalue weighted by Crippen LogP contribution is -2.33. The second-order valence-corrected chi connectivity index (χ2v) is 3.48. The van der Waals surface area contributed by atoms with Crippen LogP contribution in [-0.4, -0.2) is 33.8 Å². The Balaban J connectivity index is 2.13. The summed E-state index contributed by atoms with van der Waals surface area (Å²) in [5, 5.41) is 8.50.